The number of ether oxygens (including phenoxy) is 1. The van der Waals surface area contributed by atoms with E-state index in [1.54, 1.807) is 7.11 Å². The minimum atomic E-state index is -0.221. The van der Waals surface area contributed by atoms with E-state index in [0.29, 0.717) is 0 Å². The zero-order chi connectivity index (χ0) is 8.32. The van der Waals surface area contributed by atoms with Crippen molar-refractivity contribution in [1.82, 2.24) is 0 Å². The molecule has 0 atom stereocenters. The Kier molecular flexibility index (Phi) is 2.30. The van der Waals surface area contributed by atoms with Crippen LogP contribution in [0.2, 0.25) is 0 Å². The van der Waals surface area contributed by atoms with Crippen LogP contribution in [-0.2, 0) is 10.3 Å². The monoisotopic (exact) mass is 149 g/mol. The molecule has 0 unspecified atom stereocenters. The maximum absolute atomic E-state index is 5.29. The quantitative estimate of drug-likeness (QED) is 0.627. The second kappa shape index (κ2) is 3.05. The van der Waals surface area contributed by atoms with Crippen LogP contribution >= 0.6 is 0 Å². The molecule has 1 nitrogen and oxygen atoms in total. The van der Waals surface area contributed by atoms with Gasteiger partial charge < -0.3 is 4.74 Å². The smallest absolute Gasteiger partial charge is 0.0877 e. The van der Waals surface area contributed by atoms with Crippen LogP contribution in [0.15, 0.2) is 24.3 Å². The number of rotatable bonds is 2. The Labute approximate surface area is 68.0 Å². The van der Waals surface area contributed by atoms with Crippen molar-refractivity contribution >= 4 is 0 Å². The first kappa shape index (κ1) is 8.28. The van der Waals surface area contributed by atoms with Crippen LogP contribution in [0.5, 0.6) is 0 Å². The molecule has 0 spiro atoms. The Morgan fingerprint density at radius 1 is 1.36 bits per heavy atom. The van der Waals surface area contributed by atoms with Gasteiger partial charge >= 0.3 is 0 Å². The predicted octanol–water partition coefficient (Wildman–Crippen LogP) is 2.37. The summed E-state index contributed by atoms with van der Waals surface area (Å²) in [5.41, 5.74) is 0.865. The summed E-state index contributed by atoms with van der Waals surface area (Å²) in [6.45, 7) is 4.05. The van der Waals surface area contributed by atoms with Crippen LogP contribution in [0.4, 0.5) is 0 Å². The van der Waals surface area contributed by atoms with Gasteiger partial charge in [0, 0.05) is 7.11 Å². The first-order valence-corrected chi connectivity index (χ1v) is 3.69. The first-order chi connectivity index (χ1) is 5.17. The minimum absolute atomic E-state index is 0.221. The lowest BCUT2D eigenvalue weighted by Gasteiger charge is -2.22. The molecule has 0 fully saturated rings. The molecule has 0 N–H and O–H groups in total. The van der Waals surface area contributed by atoms with Crippen LogP contribution in [0.3, 0.4) is 0 Å². The van der Waals surface area contributed by atoms with Crippen LogP contribution in [0.1, 0.15) is 19.4 Å². The van der Waals surface area contributed by atoms with E-state index in [-0.39, 0.29) is 5.60 Å². The predicted molar refractivity (Wildman–Crippen MR) is 45.3 cm³/mol. The first-order valence-electron chi connectivity index (χ1n) is 3.69. The third-order valence-electron chi connectivity index (χ3n) is 1.87. The molecule has 0 aliphatic heterocycles. The molecule has 1 heteroatoms. The lowest BCUT2D eigenvalue weighted by molar-refractivity contribution is 0.0190. The van der Waals surface area contributed by atoms with Crippen molar-refractivity contribution in [2.24, 2.45) is 0 Å². The van der Waals surface area contributed by atoms with E-state index >= 15 is 0 Å². The van der Waals surface area contributed by atoms with Crippen LogP contribution in [-0.4, -0.2) is 7.11 Å². The highest BCUT2D eigenvalue weighted by Crippen LogP contribution is 2.22. The van der Waals surface area contributed by atoms with E-state index in [1.165, 1.54) is 0 Å². The molecule has 0 aromatic heterocycles. The summed E-state index contributed by atoms with van der Waals surface area (Å²) in [4.78, 5) is 0. The van der Waals surface area contributed by atoms with Gasteiger partial charge in [-0.1, -0.05) is 24.3 Å². The maximum atomic E-state index is 5.29. The molecule has 0 amide bonds. The highest BCUT2D eigenvalue weighted by molar-refractivity contribution is 5.19. The lowest BCUT2D eigenvalue weighted by Crippen LogP contribution is -2.19. The van der Waals surface area contributed by atoms with Crippen molar-refractivity contribution in [3.05, 3.63) is 35.9 Å². The summed E-state index contributed by atoms with van der Waals surface area (Å²) in [5.74, 6) is 0. The fourth-order valence-electron chi connectivity index (χ4n) is 0.878. The summed E-state index contributed by atoms with van der Waals surface area (Å²) in [5, 5.41) is 0. The van der Waals surface area contributed by atoms with E-state index in [1.807, 2.05) is 38.1 Å². The average molecular weight is 149 g/mol. The van der Waals surface area contributed by atoms with Crippen molar-refractivity contribution in [3.8, 4) is 0 Å². The molecule has 0 bridgehead atoms. The average Bonchev–Trinajstić information content (AvgIpc) is 2.06. The zero-order valence-corrected chi connectivity index (χ0v) is 7.22. The maximum Gasteiger partial charge on any atom is 0.0877 e. The molecule has 0 heterocycles. The number of hydrogen-bond donors (Lipinski definition) is 0. The summed E-state index contributed by atoms with van der Waals surface area (Å²) in [6, 6.07) is 11.0. The molecule has 0 saturated heterocycles. The fraction of sp³-hybridized carbons (Fsp3) is 0.400. The van der Waals surface area contributed by atoms with Gasteiger partial charge in [0.2, 0.25) is 0 Å². The molecular formula is C10H13O. The summed E-state index contributed by atoms with van der Waals surface area (Å²) in [7, 11) is 1.71. The molecule has 1 rings (SSSR count). The van der Waals surface area contributed by atoms with E-state index in [2.05, 4.69) is 6.07 Å². The van der Waals surface area contributed by atoms with Gasteiger partial charge in [-0.3, -0.25) is 0 Å². The molecule has 0 aliphatic rings. The fourth-order valence-corrected chi connectivity index (χ4v) is 0.878. The van der Waals surface area contributed by atoms with E-state index in [0.717, 1.165) is 5.56 Å². The SMILES string of the molecule is COC(C)(C)c1[c]cccc1. The van der Waals surface area contributed by atoms with Gasteiger partial charge in [-0.15, -0.1) is 0 Å². The van der Waals surface area contributed by atoms with E-state index < -0.39 is 0 Å². The number of hydrogen-bond acceptors (Lipinski definition) is 1. The van der Waals surface area contributed by atoms with Gasteiger partial charge in [-0.05, 0) is 25.5 Å². The number of benzene rings is 1. The van der Waals surface area contributed by atoms with Gasteiger partial charge in [-0.2, -0.15) is 0 Å². The third kappa shape index (κ3) is 1.81. The zero-order valence-electron chi connectivity index (χ0n) is 7.22. The van der Waals surface area contributed by atoms with Crippen molar-refractivity contribution < 1.29 is 4.74 Å². The Balaban J connectivity index is 2.93. The van der Waals surface area contributed by atoms with Gasteiger partial charge in [0.05, 0.1) is 5.60 Å². The molecule has 0 saturated carbocycles. The summed E-state index contributed by atoms with van der Waals surface area (Å²) in [6.07, 6.45) is 0. The highest BCUT2D eigenvalue weighted by Gasteiger charge is 2.18. The van der Waals surface area contributed by atoms with Crippen molar-refractivity contribution in [3.63, 3.8) is 0 Å². The second-order valence-electron chi connectivity index (χ2n) is 2.99. The van der Waals surface area contributed by atoms with Crippen molar-refractivity contribution in [2.75, 3.05) is 7.11 Å². The Morgan fingerprint density at radius 3 is 2.55 bits per heavy atom. The summed E-state index contributed by atoms with van der Waals surface area (Å²) >= 11 is 0. The summed E-state index contributed by atoms with van der Waals surface area (Å²) < 4.78 is 5.29. The molecule has 1 aromatic carbocycles. The standard InChI is InChI=1S/C10H13O/c1-10(2,11-3)9-7-5-4-6-8-9/h4-7H,1-3H3. The van der Waals surface area contributed by atoms with Crippen LogP contribution in [0.25, 0.3) is 0 Å². The van der Waals surface area contributed by atoms with Crippen LogP contribution in [0, 0.1) is 6.07 Å². The highest BCUT2D eigenvalue weighted by atomic mass is 16.5. The van der Waals surface area contributed by atoms with Gasteiger partial charge in [0.25, 0.3) is 0 Å². The Bertz CT molecular complexity index is 214. The Morgan fingerprint density at radius 2 is 2.09 bits per heavy atom. The minimum Gasteiger partial charge on any atom is -0.374 e. The lowest BCUT2D eigenvalue weighted by atomic mass is 9.98. The van der Waals surface area contributed by atoms with Gasteiger partial charge in [-0.25, -0.2) is 0 Å². The normalized spacial score (nSPS) is 11.5. The molecule has 1 aromatic rings. The van der Waals surface area contributed by atoms with Crippen LogP contribution < -0.4 is 0 Å². The third-order valence-corrected chi connectivity index (χ3v) is 1.87. The largest absolute Gasteiger partial charge is 0.374 e. The van der Waals surface area contributed by atoms with E-state index in [4.69, 9.17) is 4.74 Å². The molecular weight excluding hydrogens is 136 g/mol. The molecule has 11 heavy (non-hydrogen) atoms. The molecule has 59 valence electrons. The molecule has 1 radical (unpaired) electrons. The molecule has 0 aliphatic carbocycles. The Hall–Kier alpha value is -0.820. The van der Waals surface area contributed by atoms with E-state index in [9.17, 15) is 0 Å². The number of methoxy groups -OCH3 is 1. The van der Waals surface area contributed by atoms with Gasteiger partial charge in [0.1, 0.15) is 0 Å². The van der Waals surface area contributed by atoms with Crippen molar-refractivity contribution in [1.29, 1.82) is 0 Å². The second-order valence-corrected chi connectivity index (χ2v) is 2.99. The van der Waals surface area contributed by atoms with Crippen molar-refractivity contribution in [2.45, 2.75) is 19.4 Å². The van der Waals surface area contributed by atoms with Gasteiger partial charge in [0.15, 0.2) is 0 Å². The topological polar surface area (TPSA) is 9.23 Å².